The van der Waals surface area contributed by atoms with Gasteiger partial charge in [0.05, 0.1) is 11.9 Å². The lowest BCUT2D eigenvalue weighted by atomic mass is 10.3. The summed E-state index contributed by atoms with van der Waals surface area (Å²) in [4.78, 5) is 7.88. The fraction of sp³-hybridized carbons (Fsp3) is 0.300. The van der Waals surface area contributed by atoms with Gasteiger partial charge in [-0.1, -0.05) is 0 Å². The van der Waals surface area contributed by atoms with Gasteiger partial charge < -0.3 is 11.1 Å². The summed E-state index contributed by atoms with van der Waals surface area (Å²) in [5.41, 5.74) is 7.43. The van der Waals surface area contributed by atoms with Crippen molar-refractivity contribution in [3.63, 3.8) is 0 Å². The Labute approximate surface area is 93.5 Å². The summed E-state index contributed by atoms with van der Waals surface area (Å²) in [5.74, 6) is 0.678. The molecular formula is C10H14N6. The van der Waals surface area contributed by atoms with Crippen molar-refractivity contribution in [2.45, 2.75) is 6.42 Å². The second-order valence-electron chi connectivity index (χ2n) is 3.45. The fourth-order valence-corrected chi connectivity index (χ4v) is 1.44. The van der Waals surface area contributed by atoms with Crippen LogP contribution in [-0.2, 0) is 13.5 Å². The first-order valence-electron chi connectivity index (χ1n) is 5.03. The van der Waals surface area contributed by atoms with Crippen LogP contribution in [0.5, 0.6) is 0 Å². The maximum absolute atomic E-state index is 5.70. The van der Waals surface area contributed by atoms with Crippen LogP contribution in [0.2, 0.25) is 0 Å². The van der Waals surface area contributed by atoms with Gasteiger partial charge in [0, 0.05) is 31.9 Å². The van der Waals surface area contributed by atoms with Crippen LogP contribution < -0.4 is 11.1 Å². The van der Waals surface area contributed by atoms with Gasteiger partial charge in [0.25, 0.3) is 0 Å². The van der Waals surface area contributed by atoms with E-state index in [2.05, 4.69) is 20.4 Å². The lowest BCUT2D eigenvalue weighted by Gasteiger charge is -2.07. The first-order chi connectivity index (χ1) is 7.77. The van der Waals surface area contributed by atoms with E-state index in [0.717, 1.165) is 13.0 Å². The van der Waals surface area contributed by atoms with Crippen LogP contribution in [0.4, 0.5) is 11.5 Å². The number of anilines is 2. The number of hydrogen-bond acceptors (Lipinski definition) is 5. The number of aryl methyl sites for hydroxylation is 1. The molecule has 3 N–H and O–H groups in total. The average Bonchev–Trinajstić information content (AvgIpc) is 2.67. The summed E-state index contributed by atoms with van der Waals surface area (Å²) in [5, 5.41) is 7.26. The third-order valence-electron chi connectivity index (χ3n) is 2.34. The predicted octanol–water partition coefficient (Wildman–Crippen LogP) is 0.447. The number of rotatable bonds is 4. The van der Waals surface area contributed by atoms with Crippen LogP contribution in [-0.4, -0.2) is 26.3 Å². The van der Waals surface area contributed by atoms with Crippen molar-refractivity contribution in [1.82, 2.24) is 19.7 Å². The highest BCUT2D eigenvalue weighted by Gasteiger charge is 2.01. The fourth-order valence-electron chi connectivity index (χ4n) is 1.44. The van der Waals surface area contributed by atoms with Crippen molar-refractivity contribution < 1.29 is 0 Å². The Hall–Kier alpha value is -2.11. The van der Waals surface area contributed by atoms with Crippen LogP contribution in [0, 0.1) is 0 Å². The number of nitrogens with two attached hydrogens (primary N) is 1. The molecule has 0 aromatic carbocycles. The molecule has 0 atom stereocenters. The van der Waals surface area contributed by atoms with Crippen molar-refractivity contribution in [1.29, 1.82) is 0 Å². The molecule has 0 aliphatic heterocycles. The van der Waals surface area contributed by atoms with E-state index in [1.165, 1.54) is 12.0 Å². The van der Waals surface area contributed by atoms with E-state index in [4.69, 9.17) is 5.73 Å². The van der Waals surface area contributed by atoms with E-state index < -0.39 is 0 Å². The Kier molecular flexibility index (Phi) is 3.00. The van der Waals surface area contributed by atoms with Gasteiger partial charge in [0.2, 0.25) is 0 Å². The van der Waals surface area contributed by atoms with Gasteiger partial charge in [-0.3, -0.25) is 4.68 Å². The molecule has 2 rings (SSSR count). The molecule has 6 heteroatoms. The summed E-state index contributed by atoms with van der Waals surface area (Å²) in [6, 6.07) is 1.99. The maximum atomic E-state index is 5.70. The van der Waals surface area contributed by atoms with Crippen LogP contribution in [0.25, 0.3) is 0 Å². The van der Waals surface area contributed by atoms with Gasteiger partial charge in [-0.2, -0.15) is 5.10 Å². The third kappa shape index (κ3) is 2.28. The molecule has 0 saturated carbocycles. The molecule has 84 valence electrons. The molecule has 0 spiro atoms. The second-order valence-corrected chi connectivity index (χ2v) is 3.45. The predicted molar refractivity (Wildman–Crippen MR) is 61.8 cm³/mol. The molecular weight excluding hydrogens is 204 g/mol. The third-order valence-corrected chi connectivity index (χ3v) is 2.34. The zero-order chi connectivity index (χ0) is 11.4. The van der Waals surface area contributed by atoms with Crippen molar-refractivity contribution in [3.05, 3.63) is 30.5 Å². The van der Waals surface area contributed by atoms with Gasteiger partial charge in [-0.05, 0) is 6.07 Å². The molecule has 0 saturated heterocycles. The molecule has 0 amide bonds. The number of nitrogens with zero attached hydrogens (tertiary/aromatic N) is 4. The molecule has 0 radical (unpaired) electrons. The first-order valence-corrected chi connectivity index (χ1v) is 5.03. The van der Waals surface area contributed by atoms with E-state index in [9.17, 15) is 0 Å². The highest BCUT2D eigenvalue weighted by atomic mass is 15.3. The summed E-state index contributed by atoms with van der Waals surface area (Å²) in [7, 11) is 1.92. The summed E-state index contributed by atoms with van der Waals surface area (Å²) >= 11 is 0. The molecule has 0 aliphatic carbocycles. The normalized spacial score (nSPS) is 10.3. The number of hydrogen-bond donors (Lipinski definition) is 2. The molecule has 2 aromatic heterocycles. The zero-order valence-corrected chi connectivity index (χ0v) is 9.09. The molecule has 0 bridgehead atoms. The average molecular weight is 218 g/mol. The van der Waals surface area contributed by atoms with Crippen LogP contribution in [0.3, 0.4) is 0 Å². The molecule has 6 nitrogen and oxygen atoms in total. The molecule has 0 aliphatic rings. The Morgan fingerprint density at radius 1 is 1.50 bits per heavy atom. The summed E-state index contributed by atoms with van der Waals surface area (Å²) in [6.07, 6.45) is 5.72. The van der Waals surface area contributed by atoms with Gasteiger partial charge in [-0.15, -0.1) is 0 Å². The van der Waals surface area contributed by atoms with Gasteiger partial charge in [-0.25, -0.2) is 9.97 Å². The monoisotopic (exact) mass is 218 g/mol. The van der Waals surface area contributed by atoms with Gasteiger partial charge in [0.15, 0.2) is 5.82 Å². The van der Waals surface area contributed by atoms with Crippen molar-refractivity contribution in [2.24, 2.45) is 7.05 Å². The first kappa shape index (κ1) is 10.4. The van der Waals surface area contributed by atoms with E-state index in [0.29, 0.717) is 11.5 Å². The minimum atomic E-state index is 0.563. The quantitative estimate of drug-likeness (QED) is 0.778. The second kappa shape index (κ2) is 4.61. The van der Waals surface area contributed by atoms with Gasteiger partial charge in [0.1, 0.15) is 6.33 Å². The summed E-state index contributed by atoms with van der Waals surface area (Å²) in [6.45, 7) is 0.765. The topological polar surface area (TPSA) is 81.7 Å². The molecule has 0 fully saturated rings. The number of aromatic nitrogens is 4. The van der Waals surface area contributed by atoms with Crippen molar-refractivity contribution in [3.8, 4) is 0 Å². The minimum absolute atomic E-state index is 0.563. The molecule has 2 aromatic rings. The van der Waals surface area contributed by atoms with E-state index in [1.807, 2.05) is 17.8 Å². The van der Waals surface area contributed by atoms with Crippen LogP contribution in [0.1, 0.15) is 5.69 Å². The summed E-state index contributed by atoms with van der Waals surface area (Å²) < 4.78 is 1.85. The Balaban J connectivity index is 1.89. The maximum Gasteiger partial charge on any atom is 0.152 e. The van der Waals surface area contributed by atoms with E-state index in [-0.39, 0.29) is 0 Å². The Bertz CT molecular complexity index is 464. The highest BCUT2D eigenvalue weighted by Crippen LogP contribution is 2.11. The van der Waals surface area contributed by atoms with E-state index in [1.54, 1.807) is 12.4 Å². The Morgan fingerprint density at radius 3 is 3.06 bits per heavy atom. The largest absolute Gasteiger partial charge is 0.394 e. The lowest BCUT2D eigenvalue weighted by molar-refractivity contribution is 0.711. The SMILES string of the molecule is Cn1nccc1CCNc1ncncc1N. The van der Waals surface area contributed by atoms with Crippen molar-refractivity contribution >= 4 is 11.5 Å². The lowest BCUT2D eigenvalue weighted by Crippen LogP contribution is -2.10. The van der Waals surface area contributed by atoms with Crippen LogP contribution >= 0.6 is 0 Å². The van der Waals surface area contributed by atoms with Crippen LogP contribution in [0.15, 0.2) is 24.8 Å². The Morgan fingerprint density at radius 2 is 2.38 bits per heavy atom. The van der Waals surface area contributed by atoms with E-state index >= 15 is 0 Å². The number of nitrogen functional groups attached to an aromatic ring is 1. The molecule has 16 heavy (non-hydrogen) atoms. The number of nitrogens with one attached hydrogen (secondary N) is 1. The smallest absolute Gasteiger partial charge is 0.152 e. The highest BCUT2D eigenvalue weighted by molar-refractivity contribution is 5.58. The van der Waals surface area contributed by atoms with Gasteiger partial charge >= 0.3 is 0 Å². The molecule has 0 unspecified atom stereocenters. The van der Waals surface area contributed by atoms with Crippen molar-refractivity contribution in [2.75, 3.05) is 17.6 Å². The zero-order valence-electron chi connectivity index (χ0n) is 9.09. The molecule has 2 heterocycles. The standard InChI is InChI=1S/C10H14N6/c1-16-8(3-5-15-16)2-4-13-10-9(11)6-12-7-14-10/h3,5-7H,2,4,11H2,1H3,(H,12,13,14). The minimum Gasteiger partial charge on any atom is -0.394 e.